The zero-order valence-corrected chi connectivity index (χ0v) is 6.27. The van der Waals surface area contributed by atoms with Crippen LogP contribution in [0.25, 0.3) is 0 Å². The summed E-state index contributed by atoms with van der Waals surface area (Å²) in [6.45, 7) is 1.31. The van der Waals surface area contributed by atoms with Crippen LogP contribution in [0.2, 0.25) is 0 Å². The quantitative estimate of drug-likeness (QED) is 0.481. The molecule has 0 aromatic carbocycles. The summed E-state index contributed by atoms with van der Waals surface area (Å²) in [6, 6.07) is 1.91. The molecule has 0 aromatic heterocycles. The fourth-order valence-corrected chi connectivity index (χ4v) is 1.20. The number of unbranched alkanes of at least 4 members (excludes halogenated alkanes) is 1. The van der Waals surface area contributed by atoms with E-state index in [1.165, 1.54) is 6.66 Å². The van der Waals surface area contributed by atoms with Crippen LogP contribution in [0.1, 0.15) is 12.8 Å². The molecule has 0 bridgehead atoms. The van der Waals surface area contributed by atoms with Crippen molar-refractivity contribution < 1.29 is 9.46 Å². The van der Waals surface area contributed by atoms with Gasteiger partial charge in [0, 0.05) is 19.2 Å². The Hall–Kier alpha value is -0.320. The lowest BCUT2D eigenvalue weighted by molar-refractivity contribution is 0.483. The molecule has 0 aliphatic rings. The van der Waals surface area contributed by atoms with Crippen molar-refractivity contribution in [3.63, 3.8) is 0 Å². The van der Waals surface area contributed by atoms with E-state index in [1.807, 2.05) is 6.07 Å². The van der Waals surface area contributed by atoms with E-state index in [-0.39, 0.29) is 6.16 Å². The summed E-state index contributed by atoms with van der Waals surface area (Å²) in [5.41, 5.74) is 0. The maximum absolute atomic E-state index is 10.5. The minimum Gasteiger partial charge on any atom is -0.344 e. The van der Waals surface area contributed by atoms with Crippen molar-refractivity contribution in [2.75, 3.05) is 12.8 Å². The smallest absolute Gasteiger partial charge is 0.197 e. The summed E-state index contributed by atoms with van der Waals surface area (Å²) in [7, 11) is -2.85. The Morgan fingerprint density at radius 2 is 2.33 bits per heavy atom. The first-order valence-electron chi connectivity index (χ1n) is 2.72. The average molecular weight is 147 g/mol. The van der Waals surface area contributed by atoms with Crippen LogP contribution >= 0.6 is 7.37 Å². The van der Waals surface area contributed by atoms with Crippen LogP contribution in [0.15, 0.2) is 0 Å². The van der Waals surface area contributed by atoms with Crippen LogP contribution < -0.4 is 0 Å². The zero-order chi connectivity index (χ0) is 7.33. The highest BCUT2D eigenvalue weighted by Crippen LogP contribution is 2.35. The molecule has 9 heavy (non-hydrogen) atoms. The van der Waals surface area contributed by atoms with E-state index in [0.29, 0.717) is 12.8 Å². The minimum absolute atomic E-state index is 0.264. The molecule has 52 valence electrons. The van der Waals surface area contributed by atoms with Crippen molar-refractivity contribution in [1.29, 1.82) is 5.26 Å². The molecule has 0 rings (SSSR count). The van der Waals surface area contributed by atoms with Gasteiger partial charge in [-0.2, -0.15) is 5.26 Å². The molecule has 1 atom stereocenters. The molecule has 0 radical (unpaired) electrons. The Bertz CT molecular complexity index is 155. The minimum atomic E-state index is -2.85. The first kappa shape index (κ1) is 8.68. The van der Waals surface area contributed by atoms with Crippen molar-refractivity contribution in [2.24, 2.45) is 0 Å². The SMILES string of the molecule is CP(=O)(O)CCCC#N. The monoisotopic (exact) mass is 147 g/mol. The predicted octanol–water partition coefficient (Wildman–Crippen LogP) is 1.19. The molecule has 0 aliphatic heterocycles. The molecule has 1 N–H and O–H groups in total. The molecule has 4 heteroatoms. The lowest BCUT2D eigenvalue weighted by Gasteiger charge is -2.00. The molecule has 0 saturated heterocycles. The van der Waals surface area contributed by atoms with E-state index in [9.17, 15) is 4.57 Å². The Labute approximate surface area is 54.8 Å². The number of hydrogen-bond donors (Lipinski definition) is 1. The summed E-state index contributed by atoms with van der Waals surface area (Å²) < 4.78 is 10.5. The number of rotatable bonds is 3. The third-order valence-corrected chi connectivity index (χ3v) is 2.01. The Morgan fingerprint density at radius 1 is 1.78 bits per heavy atom. The molecule has 0 heterocycles. The van der Waals surface area contributed by atoms with Gasteiger partial charge in [-0.05, 0) is 6.42 Å². The first-order chi connectivity index (χ1) is 4.06. The van der Waals surface area contributed by atoms with E-state index in [0.717, 1.165) is 0 Å². The van der Waals surface area contributed by atoms with Gasteiger partial charge in [0.1, 0.15) is 0 Å². The van der Waals surface area contributed by atoms with E-state index >= 15 is 0 Å². The van der Waals surface area contributed by atoms with Crippen molar-refractivity contribution in [3.05, 3.63) is 0 Å². The molecule has 0 aliphatic carbocycles. The Morgan fingerprint density at radius 3 is 2.67 bits per heavy atom. The van der Waals surface area contributed by atoms with Gasteiger partial charge in [-0.3, -0.25) is 4.57 Å². The summed E-state index contributed by atoms with van der Waals surface area (Å²) in [4.78, 5) is 8.69. The van der Waals surface area contributed by atoms with Gasteiger partial charge in [-0.15, -0.1) is 0 Å². The van der Waals surface area contributed by atoms with Crippen molar-refractivity contribution in [2.45, 2.75) is 12.8 Å². The standard InChI is InChI=1S/C5H10NO2P/c1-9(7,8)5-3-2-4-6/h2-3,5H2,1H3,(H,7,8). The summed E-state index contributed by atoms with van der Waals surface area (Å²) >= 11 is 0. The zero-order valence-electron chi connectivity index (χ0n) is 5.37. The third-order valence-electron chi connectivity index (χ3n) is 0.862. The van der Waals surface area contributed by atoms with Gasteiger partial charge in [0.25, 0.3) is 0 Å². The van der Waals surface area contributed by atoms with Crippen LogP contribution in [0, 0.1) is 11.3 Å². The van der Waals surface area contributed by atoms with Crippen molar-refractivity contribution >= 4 is 7.37 Å². The highest BCUT2D eigenvalue weighted by Gasteiger charge is 2.07. The predicted molar refractivity (Wildman–Crippen MR) is 35.5 cm³/mol. The molecule has 0 aromatic rings. The van der Waals surface area contributed by atoms with Gasteiger partial charge >= 0.3 is 0 Å². The summed E-state index contributed by atoms with van der Waals surface area (Å²) in [5, 5.41) is 8.04. The Kier molecular flexibility index (Phi) is 3.53. The second kappa shape index (κ2) is 3.66. The number of hydrogen-bond acceptors (Lipinski definition) is 2. The third kappa shape index (κ3) is 7.68. The molecular formula is C5H10NO2P. The molecule has 0 amide bonds. The lowest BCUT2D eigenvalue weighted by Crippen LogP contribution is -1.85. The fourth-order valence-electron chi connectivity index (χ4n) is 0.451. The van der Waals surface area contributed by atoms with Crippen LogP contribution in [0.3, 0.4) is 0 Å². The fraction of sp³-hybridized carbons (Fsp3) is 0.800. The van der Waals surface area contributed by atoms with Gasteiger partial charge in [-0.25, -0.2) is 0 Å². The second-order valence-corrected chi connectivity index (χ2v) is 4.59. The van der Waals surface area contributed by atoms with Crippen molar-refractivity contribution in [3.8, 4) is 6.07 Å². The Balaban J connectivity index is 3.32. The number of nitrogens with zero attached hydrogens (tertiary/aromatic N) is 1. The van der Waals surface area contributed by atoms with Crippen molar-refractivity contribution in [1.82, 2.24) is 0 Å². The van der Waals surface area contributed by atoms with E-state index < -0.39 is 7.37 Å². The van der Waals surface area contributed by atoms with Crippen LogP contribution in [-0.2, 0) is 4.57 Å². The normalized spacial score (nSPS) is 16.1. The molecule has 0 fully saturated rings. The summed E-state index contributed by atoms with van der Waals surface area (Å²) in [6.07, 6.45) is 1.17. The highest BCUT2D eigenvalue weighted by molar-refractivity contribution is 7.57. The van der Waals surface area contributed by atoms with E-state index in [1.54, 1.807) is 0 Å². The topological polar surface area (TPSA) is 61.1 Å². The maximum atomic E-state index is 10.5. The molecular weight excluding hydrogens is 137 g/mol. The van der Waals surface area contributed by atoms with Crippen LogP contribution in [0.4, 0.5) is 0 Å². The molecule has 0 saturated carbocycles. The van der Waals surface area contributed by atoms with Crippen LogP contribution in [-0.4, -0.2) is 17.7 Å². The van der Waals surface area contributed by atoms with Gasteiger partial charge in [-0.1, -0.05) is 0 Å². The van der Waals surface area contributed by atoms with E-state index in [2.05, 4.69) is 0 Å². The first-order valence-corrected chi connectivity index (χ1v) is 5.02. The van der Waals surface area contributed by atoms with Crippen LogP contribution in [0.5, 0.6) is 0 Å². The molecule has 3 nitrogen and oxygen atoms in total. The van der Waals surface area contributed by atoms with E-state index in [4.69, 9.17) is 10.2 Å². The van der Waals surface area contributed by atoms with Gasteiger partial charge in [0.2, 0.25) is 0 Å². The second-order valence-electron chi connectivity index (χ2n) is 2.04. The highest BCUT2D eigenvalue weighted by atomic mass is 31.2. The largest absolute Gasteiger partial charge is 0.344 e. The lowest BCUT2D eigenvalue weighted by atomic mass is 10.4. The average Bonchev–Trinajstić information content (AvgIpc) is 1.63. The van der Waals surface area contributed by atoms with Gasteiger partial charge in [0.15, 0.2) is 7.37 Å². The molecule has 1 unspecified atom stereocenters. The molecule has 0 spiro atoms. The maximum Gasteiger partial charge on any atom is 0.197 e. The van der Waals surface area contributed by atoms with Gasteiger partial charge in [0.05, 0.1) is 6.07 Å². The summed E-state index contributed by atoms with van der Waals surface area (Å²) in [5.74, 6) is 0. The number of nitriles is 1. The van der Waals surface area contributed by atoms with Gasteiger partial charge < -0.3 is 4.89 Å².